The lowest BCUT2D eigenvalue weighted by Gasteiger charge is -2.44. The molecule has 16 N–H and O–H groups in total. The van der Waals surface area contributed by atoms with Crippen molar-refractivity contribution in [2.24, 2.45) is 5.73 Å². The summed E-state index contributed by atoms with van der Waals surface area (Å²) >= 11 is 14.3. The molecule has 1 aliphatic carbocycles. The minimum Gasteiger partial charge on any atom is -0.508 e. The lowest BCUT2D eigenvalue weighted by molar-refractivity contribution is -0.284. The molecular weight excluding hydrogens is 1430 g/mol. The van der Waals surface area contributed by atoms with Crippen molar-refractivity contribution in [1.29, 1.82) is 0 Å². The van der Waals surface area contributed by atoms with E-state index in [4.69, 9.17) is 52.6 Å². The molecular formula is C77H79Cl2N7O21. The molecule has 7 heterocycles. The summed E-state index contributed by atoms with van der Waals surface area (Å²) in [6.45, 7) is 1.09. The van der Waals surface area contributed by atoms with E-state index in [2.05, 4.69) is 26.6 Å². The highest BCUT2D eigenvalue weighted by Gasteiger charge is 2.50. The highest BCUT2D eigenvalue weighted by molar-refractivity contribution is 6.32. The Bertz CT molecular complexity index is 4710. The number of ketones is 2. The smallest absolute Gasteiger partial charge is 0.246 e. The predicted molar refractivity (Wildman–Crippen MR) is 383 cm³/mol. The minimum atomic E-state index is -2.82. The first-order valence-electron chi connectivity index (χ1n) is 34.9. The third-order valence-electron chi connectivity index (χ3n) is 20.3. The van der Waals surface area contributed by atoms with E-state index in [0.717, 1.165) is 31.4 Å². The number of unbranched alkanes of at least 4 members (excludes halogenated alkanes) is 4. The Morgan fingerprint density at radius 2 is 1.28 bits per heavy atom. The molecule has 5 amide bonds. The van der Waals surface area contributed by atoms with Crippen molar-refractivity contribution >= 4 is 64.3 Å². The molecule has 15 rings (SSSR count). The maximum absolute atomic E-state index is 16.5. The second kappa shape index (κ2) is 30.7. The number of fused-ring (bicyclic) bond motifs is 11. The van der Waals surface area contributed by atoms with Crippen LogP contribution in [0.1, 0.15) is 144 Å². The van der Waals surface area contributed by atoms with Gasteiger partial charge in [0.15, 0.2) is 40.9 Å². The van der Waals surface area contributed by atoms with Gasteiger partial charge in [0, 0.05) is 36.5 Å². The van der Waals surface area contributed by atoms with Crippen molar-refractivity contribution in [2.75, 3.05) is 27.2 Å². The number of phenols is 4. The summed E-state index contributed by atoms with van der Waals surface area (Å²) < 4.78 is 32.2. The number of nitrogens with one attached hydrogen (secondary N) is 5. The van der Waals surface area contributed by atoms with E-state index in [1.807, 2.05) is 0 Å². The number of carbonyl (C=O) groups excluding carboxylic acids is 7. The van der Waals surface area contributed by atoms with Crippen LogP contribution in [-0.4, -0.2) is 162 Å². The number of aromatic hydroxyl groups is 4. The van der Waals surface area contributed by atoms with Crippen molar-refractivity contribution in [1.82, 2.24) is 31.5 Å². The molecule has 17 bridgehead atoms. The van der Waals surface area contributed by atoms with Gasteiger partial charge in [0.05, 0.1) is 40.6 Å². The van der Waals surface area contributed by atoms with Crippen molar-refractivity contribution < 1.29 is 103 Å². The zero-order chi connectivity index (χ0) is 76.2. The maximum Gasteiger partial charge on any atom is 0.246 e. The molecule has 7 aromatic rings. The fraction of sp³-hybridized carbons (Fsp3) is 0.364. The molecule has 13 unspecified atom stereocenters. The SMILES string of the molecule is CC1NC(=O)C2NC(=O)C(CC(=O)C3NC(=O)C4CC(=O)C(Cc5ccc(c(Cl)c5)Oc5cc3cc(c5O)Oc3ccc(cc3Cl)C2OC2OC(CO)C(O)C(O)C2NC(=O)CCCCCCCN)NC(=O)C(N(C)C)c2ccc(O)c(c2)Oc2cc(O)cc4c2)c2ccc3c(c2)-c2c1cc(O)cc2C3(O)O. The Hall–Kier alpha value is -9.95. The molecule has 0 radical (unpaired) electrons. The number of carbonyl (C=O) groups is 7. The fourth-order valence-corrected chi connectivity index (χ4v) is 15.3. The number of nitrogens with zero attached hydrogens (tertiary/aromatic N) is 1. The Labute approximate surface area is 622 Å². The number of aliphatic hydroxyl groups is 5. The lowest BCUT2D eigenvalue weighted by Crippen LogP contribution is -2.65. The molecule has 28 nitrogen and oxygen atoms in total. The monoisotopic (exact) mass is 1510 g/mol. The van der Waals surface area contributed by atoms with Crippen LogP contribution in [0.3, 0.4) is 0 Å². The Morgan fingerprint density at radius 1 is 0.626 bits per heavy atom. The van der Waals surface area contributed by atoms with Gasteiger partial charge in [-0.15, -0.1) is 0 Å². The van der Waals surface area contributed by atoms with Crippen molar-refractivity contribution in [3.63, 3.8) is 0 Å². The summed E-state index contributed by atoms with van der Waals surface area (Å²) in [5.74, 6) is -16.5. The number of amides is 5. The van der Waals surface area contributed by atoms with Gasteiger partial charge in [-0.2, -0.15) is 0 Å². The lowest BCUT2D eigenvalue weighted by atomic mass is 9.85. The van der Waals surface area contributed by atoms with Gasteiger partial charge in [0.25, 0.3) is 0 Å². The molecule has 30 heteroatoms. The normalized spacial score (nSPS) is 25.3. The van der Waals surface area contributed by atoms with E-state index in [1.165, 1.54) is 110 Å². The maximum atomic E-state index is 16.5. The number of Topliss-reactive ketones (excluding diaryl/α,β-unsaturated/α-hetero) is 2. The van der Waals surface area contributed by atoms with E-state index in [0.29, 0.717) is 30.5 Å². The number of rotatable bonds is 12. The quantitative estimate of drug-likeness (QED) is 0.0451. The molecule has 7 aromatic carbocycles. The predicted octanol–water partition coefficient (Wildman–Crippen LogP) is 6.63. The first-order chi connectivity index (χ1) is 51.1. The Balaban J connectivity index is 1.00. The summed E-state index contributed by atoms with van der Waals surface area (Å²) in [5.41, 5.74) is 5.87. The van der Waals surface area contributed by atoms with Gasteiger partial charge in [-0.3, -0.25) is 38.5 Å². The van der Waals surface area contributed by atoms with Gasteiger partial charge in [0.1, 0.15) is 77.3 Å². The van der Waals surface area contributed by atoms with Crippen LogP contribution in [0, 0.1) is 0 Å². The van der Waals surface area contributed by atoms with Gasteiger partial charge in [0.2, 0.25) is 41.1 Å². The second-order valence-electron chi connectivity index (χ2n) is 27.9. The summed E-state index contributed by atoms with van der Waals surface area (Å²) in [6.07, 6.45) is -7.86. The van der Waals surface area contributed by atoms with Crippen LogP contribution in [-0.2, 0) is 55.2 Å². The zero-order valence-electron chi connectivity index (χ0n) is 58.0. The van der Waals surface area contributed by atoms with Crippen LogP contribution >= 0.6 is 23.2 Å². The van der Waals surface area contributed by atoms with E-state index < -0.39 is 174 Å². The van der Waals surface area contributed by atoms with Crippen LogP contribution in [0.5, 0.6) is 57.5 Å². The zero-order valence-corrected chi connectivity index (χ0v) is 59.5. The van der Waals surface area contributed by atoms with E-state index in [1.54, 1.807) is 19.0 Å². The largest absolute Gasteiger partial charge is 0.508 e. The minimum absolute atomic E-state index is 0.0298. The molecule has 1 saturated heterocycles. The molecule has 0 saturated carbocycles. The number of phenolic OH excluding ortho intramolecular Hbond substituents is 4. The van der Waals surface area contributed by atoms with Crippen molar-refractivity contribution in [3.8, 4) is 68.6 Å². The number of ether oxygens (including phenoxy) is 5. The van der Waals surface area contributed by atoms with Crippen LogP contribution in [0.2, 0.25) is 10.0 Å². The average molecular weight is 1510 g/mol. The highest BCUT2D eigenvalue weighted by Crippen LogP contribution is 2.53. The van der Waals surface area contributed by atoms with Crippen molar-refractivity contribution in [3.05, 3.63) is 175 Å². The molecule has 0 aromatic heterocycles. The molecule has 107 heavy (non-hydrogen) atoms. The molecule has 8 aliphatic rings. The van der Waals surface area contributed by atoms with Gasteiger partial charge < -0.3 is 102 Å². The molecule has 13 atom stereocenters. The summed E-state index contributed by atoms with van der Waals surface area (Å²) in [5, 5.41) is 118. The standard InChI is InChI=1S/C77H79Cl2N7O21/c1-34-44-29-42(89)30-49-63(44)47-23-36(11-14-48(47)77(49,101)102)45-32-55(92)64-40-26-59(104-56-16-10-35(19-50(56)78)20-52-54(91)31-46(73(98)84-64)39-21-41(88)28-43(22-39)103-58-25-37(12-15-53(58)90)67(86(2)3)75(100)82-52)68(94)60(27-40)105-57-17-13-38(24-51(57)79)71(66(74(99)81-34)85-72(45)97)107-76-65(70(96)69(95)61(33-87)106-76)83-62(93)9-7-5-4-6-8-18-80/h10-17,19,21-30,34,45-46,52,61,64-67,69-71,76,87-90,94-96,101-102H,4-9,18,20,31-33,80H2,1-3H3,(H,81,99)(H,82,100)(H,83,93)(H,84,98)(H,85,97). The Morgan fingerprint density at radius 3 is 1.99 bits per heavy atom. The first kappa shape index (κ1) is 75.3. The van der Waals surface area contributed by atoms with Gasteiger partial charge in [-0.05, 0) is 176 Å². The van der Waals surface area contributed by atoms with Crippen LogP contribution in [0.4, 0.5) is 0 Å². The Kier molecular flexibility index (Phi) is 21.6. The number of hydrogen-bond donors (Lipinski definition) is 15. The number of aliphatic hydroxyl groups excluding tert-OH is 3. The number of halogens is 2. The fourth-order valence-electron chi connectivity index (χ4n) is 14.8. The number of benzene rings is 7. The van der Waals surface area contributed by atoms with Crippen LogP contribution in [0.25, 0.3) is 11.1 Å². The van der Waals surface area contributed by atoms with E-state index in [-0.39, 0.29) is 102 Å². The summed E-state index contributed by atoms with van der Waals surface area (Å²) in [4.78, 5) is 110. The number of nitrogens with two attached hydrogens (primary N) is 1. The highest BCUT2D eigenvalue weighted by atomic mass is 35.5. The van der Waals surface area contributed by atoms with Gasteiger partial charge in [-0.25, -0.2) is 0 Å². The topological polar surface area (TPSA) is 437 Å². The van der Waals surface area contributed by atoms with Gasteiger partial charge in [-0.1, -0.05) is 72.8 Å². The van der Waals surface area contributed by atoms with Gasteiger partial charge >= 0.3 is 0 Å². The second-order valence-corrected chi connectivity index (χ2v) is 28.8. The third kappa shape index (κ3) is 15.2. The van der Waals surface area contributed by atoms with Crippen LogP contribution in [0.15, 0.2) is 115 Å². The third-order valence-corrected chi connectivity index (χ3v) is 20.9. The number of hydrogen-bond acceptors (Lipinski definition) is 23. The molecule has 0 spiro atoms. The average Bonchev–Trinajstić information content (AvgIpc) is 1.56. The first-order valence-corrected chi connectivity index (χ1v) is 35.7. The summed E-state index contributed by atoms with van der Waals surface area (Å²) in [6, 6.07) is 15.4. The molecule has 1 fully saturated rings. The number of likely N-dealkylation sites (N-methyl/N-ethyl adjacent to an activating group) is 1. The molecule has 7 aliphatic heterocycles. The van der Waals surface area contributed by atoms with E-state index >= 15 is 24.0 Å². The molecule has 562 valence electrons. The van der Waals surface area contributed by atoms with Crippen LogP contribution < -0.4 is 46.5 Å². The summed E-state index contributed by atoms with van der Waals surface area (Å²) in [7, 11) is 3.22. The van der Waals surface area contributed by atoms with E-state index in [9.17, 15) is 55.5 Å². The van der Waals surface area contributed by atoms with Crippen molar-refractivity contribution in [2.45, 2.75) is 149 Å².